The summed E-state index contributed by atoms with van der Waals surface area (Å²) in [4.78, 5) is 71.2. The Morgan fingerprint density at radius 2 is 1.51 bits per heavy atom. The minimum atomic E-state index is -0.889. The van der Waals surface area contributed by atoms with Crippen LogP contribution in [0.2, 0.25) is 0 Å². The summed E-state index contributed by atoms with van der Waals surface area (Å²) in [7, 11) is 7.81. The van der Waals surface area contributed by atoms with Crippen molar-refractivity contribution in [3.63, 3.8) is 0 Å². The predicted molar refractivity (Wildman–Crippen MR) is 205 cm³/mol. The van der Waals surface area contributed by atoms with Crippen LogP contribution in [0.1, 0.15) is 79.7 Å². The Hall–Kier alpha value is -3.55. The summed E-state index contributed by atoms with van der Waals surface area (Å²) >= 11 is 0. The van der Waals surface area contributed by atoms with Crippen LogP contribution in [0, 0.1) is 23.7 Å². The number of methoxy groups -OCH3 is 3. The number of nitrogens with one attached hydrogen (secondary N) is 3. The van der Waals surface area contributed by atoms with E-state index in [1.54, 1.807) is 37.9 Å². The molecule has 0 spiro atoms. The largest absolute Gasteiger partial charge is 0.467 e. The van der Waals surface area contributed by atoms with E-state index in [1.165, 1.54) is 14.2 Å². The van der Waals surface area contributed by atoms with Crippen LogP contribution in [-0.4, -0.2) is 124 Å². The van der Waals surface area contributed by atoms with Crippen LogP contribution in [0.15, 0.2) is 30.3 Å². The van der Waals surface area contributed by atoms with Crippen molar-refractivity contribution in [1.82, 2.24) is 25.8 Å². The van der Waals surface area contributed by atoms with Gasteiger partial charge < -0.3 is 40.0 Å². The second-order valence-corrected chi connectivity index (χ2v) is 15.1. The molecule has 1 aliphatic heterocycles. The van der Waals surface area contributed by atoms with Gasteiger partial charge in [-0.05, 0) is 43.2 Å². The van der Waals surface area contributed by atoms with Gasteiger partial charge >= 0.3 is 5.97 Å². The zero-order chi connectivity index (χ0) is 40.0. The molecule has 3 N–H and O–H groups in total. The lowest BCUT2D eigenvalue weighted by atomic mass is 9.89. The fourth-order valence-electron chi connectivity index (χ4n) is 7.54. The van der Waals surface area contributed by atoms with Crippen molar-refractivity contribution in [3.8, 4) is 0 Å². The number of likely N-dealkylation sites (tertiary alicyclic amines) is 1. The molecule has 0 saturated carbocycles. The number of likely N-dealkylation sites (N-methyl/N-ethyl adjacent to an activating group) is 2. The van der Waals surface area contributed by atoms with E-state index in [9.17, 15) is 24.0 Å². The number of esters is 1. The number of carbonyl (C=O) groups excluding carboxylic acids is 5. The molecule has 0 aromatic heterocycles. The number of ether oxygens (including phenoxy) is 3. The van der Waals surface area contributed by atoms with Crippen molar-refractivity contribution in [2.45, 2.75) is 123 Å². The Labute approximate surface area is 317 Å². The molecule has 1 heterocycles. The minimum absolute atomic E-state index is 0.00596. The summed E-state index contributed by atoms with van der Waals surface area (Å²) in [6.45, 7) is 14.0. The first-order chi connectivity index (χ1) is 25.1. The molecule has 1 unspecified atom stereocenters. The van der Waals surface area contributed by atoms with E-state index in [2.05, 4.69) is 16.0 Å². The van der Waals surface area contributed by atoms with E-state index >= 15 is 0 Å². The molecule has 1 aliphatic rings. The van der Waals surface area contributed by atoms with Gasteiger partial charge in [-0.3, -0.25) is 19.2 Å². The lowest BCUT2D eigenvalue weighted by Gasteiger charge is -2.41. The van der Waals surface area contributed by atoms with Gasteiger partial charge in [-0.15, -0.1) is 0 Å². The third-order valence-electron chi connectivity index (χ3n) is 10.8. The van der Waals surface area contributed by atoms with Crippen LogP contribution in [0.25, 0.3) is 0 Å². The van der Waals surface area contributed by atoms with Crippen LogP contribution in [0.3, 0.4) is 0 Å². The third-order valence-corrected chi connectivity index (χ3v) is 10.8. The van der Waals surface area contributed by atoms with E-state index in [4.69, 9.17) is 14.2 Å². The first-order valence-corrected chi connectivity index (χ1v) is 19.1. The van der Waals surface area contributed by atoms with Crippen LogP contribution < -0.4 is 16.0 Å². The van der Waals surface area contributed by atoms with Gasteiger partial charge in [0, 0.05) is 34.2 Å². The average molecular weight is 746 g/mol. The number of amides is 4. The van der Waals surface area contributed by atoms with E-state index in [0.29, 0.717) is 13.0 Å². The highest BCUT2D eigenvalue weighted by molar-refractivity contribution is 5.90. The second-order valence-electron chi connectivity index (χ2n) is 15.1. The number of rotatable bonds is 21. The third kappa shape index (κ3) is 12.2. The van der Waals surface area contributed by atoms with Gasteiger partial charge in [0.2, 0.25) is 23.6 Å². The predicted octanol–water partition coefficient (Wildman–Crippen LogP) is 3.19. The van der Waals surface area contributed by atoms with Crippen molar-refractivity contribution in [1.29, 1.82) is 0 Å². The van der Waals surface area contributed by atoms with Crippen LogP contribution in [0.5, 0.6) is 0 Å². The second kappa shape index (κ2) is 22.0. The van der Waals surface area contributed by atoms with Gasteiger partial charge in [-0.1, -0.05) is 85.2 Å². The molecule has 0 aliphatic carbocycles. The lowest BCUT2D eigenvalue weighted by molar-refractivity contribution is -0.148. The van der Waals surface area contributed by atoms with Gasteiger partial charge in [0.05, 0.1) is 49.8 Å². The molecule has 300 valence electrons. The quantitative estimate of drug-likeness (QED) is 0.161. The van der Waals surface area contributed by atoms with Gasteiger partial charge in [0.15, 0.2) is 0 Å². The molecule has 1 aromatic carbocycles. The maximum atomic E-state index is 14.2. The lowest BCUT2D eigenvalue weighted by Crippen LogP contribution is -2.59. The van der Waals surface area contributed by atoms with Gasteiger partial charge in [0.25, 0.3) is 0 Å². The summed E-state index contributed by atoms with van der Waals surface area (Å²) in [6.07, 6.45) is 1.08. The normalized spacial score (nSPS) is 19.1. The van der Waals surface area contributed by atoms with Crippen LogP contribution >= 0.6 is 0 Å². The summed E-state index contributed by atoms with van der Waals surface area (Å²) < 4.78 is 16.9. The van der Waals surface area contributed by atoms with Crippen molar-refractivity contribution in [2.75, 3.05) is 42.0 Å². The molecule has 0 radical (unpaired) electrons. The van der Waals surface area contributed by atoms with E-state index in [0.717, 1.165) is 18.4 Å². The monoisotopic (exact) mass is 745 g/mol. The minimum Gasteiger partial charge on any atom is -0.467 e. The first kappa shape index (κ1) is 45.6. The summed E-state index contributed by atoms with van der Waals surface area (Å²) in [5, 5.41) is 8.88. The van der Waals surface area contributed by atoms with Gasteiger partial charge in [-0.2, -0.15) is 0 Å². The van der Waals surface area contributed by atoms with E-state index in [1.807, 2.05) is 71.9 Å². The molecule has 13 nitrogen and oxygen atoms in total. The van der Waals surface area contributed by atoms with Crippen LogP contribution in [0.4, 0.5) is 0 Å². The highest BCUT2D eigenvalue weighted by atomic mass is 16.5. The number of hydrogen-bond donors (Lipinski definition) is 3. The molecule has 53 heavy (non-hydrogen) atoms. The summed E-state index contributed by atoms with van der Waals surface area (Å²) in [5.41, 5.74) is 0.875. The highest BCUT2D eigenvalue weighted by Gasteiger charge is 2.43. The molecular formula is C40H67N5O8. The molecule has 13 heteroatoms. The molecule has 9 atom stereocenters. The van der Waals surface area contributed by atoms with Gasteiger partial charge in [0.1, 0.15) is 12.1 Å². The van der Waals surface area contributed by atoms with E-state index < -0.39 is 48.3 Å². The number of benzene rings is 1. The molecule has 1 saturated heterocycles. The van der Waals surface area contributed by atoms with E-state index in [-0.39, 0.29) is 60.3 Å². The zero-order valence-electron chi connectivity index (χ0n) is 34.1. The Morgan fingerprint density at radius 3 is 2.02 bits per heavy atom. The van der Waals surface area contributed by atoms with Crippen molar-refractivity contribution >= 4 is 29.6 Å². The number of nitrogens with zero attached hydrogens (tertiary/aromatic N) is 2. The molecule has 0 bridgehead atoms. The maximum Gasteiger partial charge on any atom is 0.328 e. The number of hydrogen-bond acceptors (Lipinski definition) is 9. The molecule has 1 aromatic rings. The summed E-state index contributed by atoms with van der Waals surface area (Å²) in [6, 6.07) is 6.41. The van der Waals surface area contributed by atoms with Crippen molar-refractivity contribution in [2.24, 2.45) is 23.7 Å². The Balaban J connectivity index is 2.27. The van der Waals surface area contributed by atoms with Crippen LogP contribution in [-0.2, 0) is 44.6 Å². The van der Waals surface area contributed by atoms with Crippen molar-refractivity contribution in [3.05, 3.63) is 35.9 Å². The van der Waals surface area contributed by atoms with Crippen molar-refractivity contribution < 1.29 is 38.2 Å². The first-order valence-electron chi connectivity index (χ1n) is 19.1. The standard InChI is InChI=1S/C40H67N5O8/c1-13-26(6)35(44(9)39(49)34(25(4)5)43-38(48)33(41-8)24(2)3)31(51-10)23-32(46)45-21-17-20-30(45)36(52-11)27(7)37(47)42-29(40(50)53-12)22-28-18-15-14-16-19-28/h14-16,18-19,24-27,29-31,33-36,41H,13,17,20-23H2,1-12H3,(H,42,47)(H,43,48)/t26-,27+,29-,30-,31+,33-,34-,35?,36+/m0/s1. The Morgan fingerprint density at radius 1 is 0.887 bits per heavy atom. The highest BCUT2D eigenvalue weighted by Crippen LogP contribution is 2.30. The maximum absolute atomic E-state index is 14.2. The Bertz CT molecular complexity index is 1330. The molecule has 4 amide bonds. The SMILES string of the molecule is CC[C@H](C)C([C@@H](CC(=O)N1CCC[C@H]1[C@H](OC)[C@@H](C)C(=O)N[C@@H](Cc1ccccc1)C(=O)OC)OC)N(C)C(=O)[C@@H](NC(=O)[C@@H](NC)C(C)C)C(C)C. The molecular weight excluding hydrogens is 678 g/mol. The van der Waals surface area contributed by atoms with Gasteiger partial charge in [-0.25, -0.2) is 4.79 Å². The summed E-state index contributed by atoms with van der Waals surface area (Å²) in [5.74, 6) is -2.47. The number of carbonyl (C=O) groups is 5. The zero-order valence-corrected chi connectivity index (χ0v) is 34.1. The fraction of sp³-hybridized carbons (Fsp3) is 0.725. The fourth-order valence-corrected chi connectivity index (χ4v) is 7.54. The molecule has 1 fully saturated rings. The average Bonchev–Trinajstić information content (AvgIpc) is 3.62. The Kier molecular flexibility index (Phi) is 18.9. The smallest absolute Gasteiger partial charge is 0.328 e. The topological polar surface area (TPSA) is 156 Å². The molecule has 2 rings (SSSR count).